The lowest BCUT2D eigenvalue weighted by Crippen LogP contribution is -2.28. The number of hydrogen-bond acceptors (Lipinski definition) is 5. The van der Waals surface area contributed by atoms with Crippen LogP contribution in [0.15, 0.2) is 36.5 Å². The van der Waals surface area contributed by atoms with Crippen molar-refractivity contribution >= 4 is 18.6 Å². The molecule has 2 heterocycles. The monoisotopic (exact) mass is 299 g/mol. The molecule has 1 atom stereocenters. The molecular formula is C15H14BNO5. The smallest absolute Gasteiger partial charge is 0.481 e. The van der Waals surface area contributed by atoms with Gasteiger partial charge in [-0.1, -0.05) is 6.07 Å². The van der Waals surface area contributed by atoms with Gasteiger partial charge in [-0.3, -0.25) is 4.79 Å². The molecule has 1 unspecified atom stereocenters. The van der Waals surface area contributed by atoms with E-state index in [4.69, 9.17) is 14.5 Å². The van der Waals surface area contributed by atoms with Gasteiger partial charge in [0.05, 0.1) is 12.5 Å². The number of carboxylic acids is 1. The molecule has 1 aliphatic rings. The zero-order valence-corrected chi connectivity index (χ0v) is 11.9. The van der Waals surface area contributed by atoms with Gasteiger partial charge in [0.1, 0.15) is 5.75 Å². The Balaban J connectivity index is 1.93. The maximum Gasteiger partial charge on any atom is 0.492 e. The first kappa shape index (κ1) is 14.6. The highest BCUT2D eigenvalue weighted by Gasteiger charge is 2.37. The predicted molar refractivity (Wildman–Crippen MR) is 79.2 cm³/mol. The Morgan fingerprint density at radius 3 is 2.95 bits per heavy atom. The van der Waals surface area contributed by atoms with Gasteiger partial charge in [0, 0.05) is 12.3 Å². The van der Waals surface area contributed by atoms with Gasteiger partial charge < -0.3 is 19.5 Å². The number of pyridine rings is 1. The zero-order valence-electron chi connectivity index (χ0n) is 11.9. The van der Waals surface area contributed by atoms with E-state index in [2.05, 4.69) is 4.98 Å². The zero-order chi connectivity index (χ0) is 15.7. The van der Waals surface area contributed by atoms with E-state index < -0.39 is 19.2 Å². The standard InChI is InChI=1S/C15H14BNO5/c1-9-6-10(21-13-4-2-3-5-17-13)7-11-15(9)12(8-14(18)19)22-16(11)20/h2-7,12,20H,8H2,1H3,(H,18,19). The van der Waals surface area contributed by atoms with E-state index in [9.17, 15) is 9.82 Å². The topological polar surface area (TPSA) is 88.9 Å². The average Bonchev–Trinajstić information content (AvgIpc) is 2.76. The SMILES string of the molecule is Cc1cc(Oc2ccccn2)cc2c1C(CC(=O)O)OB2O. The van der Waals surface area contributed by atoms with E-state index in [1.165, 1.54) is 0 Å². The van der Waals surface area contributed by atoms with Gasteiger partial charge in [-0.2, -0.15) is 0 Å². The van der Waals surface area contributed by atoms with E-state index in [1.807, 2.05) is 13.0 Å². The molecule has 112 valence electrons. The molecule has 0 amide bonds. The van der Waals surface area contributed by atoms with Crippen molar-refractivity contribution in [1.29, 1.82) is 0 Å². The fourth-order valence-corrected chi connectivity index (χ4v) is 2.63. The minimum Gasteiger partial charge on any atom is -0.481 e. The summed E-state index contributed by atoms with van der Waals surface area (Å²) in [6.45, 7) is 1.83. The van der Waals surface area contributed by atoms with E-state index in [0.29, 0.717) is 22.7 Å². The van der Waals surface area contributed by atoms with E-state index in [1.54, 1.807) is 30.5 Å². The number of ether oxygens (including phenoxy) is 1. The largest absolute Gasteiger partial charge is 0.492 e. The molecule has 22 heavy (non-hydrogen) atoms. The number of fused-ring (bicyclic) bond motifs is 1. The molecule has 3 rings (SSSR count). The van der Waals surface area contributed by atoms with Crippen molar-refractivity contribution in [3.63, 3.8) is 0 Å². The van der Waals surface area contributed by atoms with E-state index >= 15 is 0 Å². The van der Waals surface area contributed by atoms with Gasteiger partial charge in [-0.25, -0.2) is 4.98 Å². The molecule has 0 aliphatic carbocycles. The number of rotatable bonds is 4. The molecule has 7 heteroatoms. The summed E-state index contributed by atoms with van der Waals surface area (Å²) in [6, 6.07) is 8.76. The maximum absolute atomic E-state index is 10.9. The summed E-state index contributed by atoms with van der Waals surface area (Å²) in [5, 5.41) is 18.9. The number of hydrogen-bond donors (Lipinski definition) is 2. The number of carbonyl (C=O) groups is 1. The highest BCUT2D eigenvalue weighted by atomic mass is 16.5. The lowest BCUT2D eigenvalue weighted by molar-refractivity contribution is -0.138. The Bertz CT molecular complexity index is 707. The summed E-state index contributed by atoms with van der Waals surface area (Å²) in [7, 11) is -1.15. The van der Waals surface area contributed by atoms with Gasteiger partial charge >= 0.3 is 13.1 Å². The normalized spacial score (nSPS) is 16.5. The first-order chi connectivity index (χ1) is 10.5. The van der Waals surface area contributed by atoms with E-state index in [0.717, 1.165) is 5.56 Å². The fraction of sp³-hybridized carbons (Fsp3) is 0.200. The Labute approximate surface area is 127 Å². The van der Waals surface area contributed by atoms with Crippen LogP contribution in [0.3, 0.4) is 0 Å². The summed E-state index contributed by atoms with van der Waals surface area (Å²) in [5.41, 5.74) is 2.06. The maximum atomic E-state index is 10.9. The van der Waals surface area contributed by atoms with Crippen LogP contribution in [0.1, 0.15) is 23.7 Å². The number of carboxylic acid groups (broad SMARTS) is 1. The highest BCUT2D eigenvalue weighted by molar-refractivity contribution is 6.62. The van der Waals surface area contributed by atoms with Gasteiger partial charge in [-0.15, -0.1) is 0 Å². The molecule has 0 radical (unpaired) electrons. The molecule has 1 aromatic carbocycles. The first-order valence-corrected chi connectivity index (χ1v) is 6.83. The first-order valence-electron chi connectivity index (χ1n) is 6.83. The number of aliphatic carboxylic acids is 1. The van der Waals surface area contributed by atoms with Crippen LogP contribution in [-0.2, 0) is 9.45 Å². The molecule has 6 nitrogen and oxygen atoms in total. The highest BCUT2D eigenvalue weighted by Crippen LogP contribution is 2.32. The fourth-order valence-electron chi connectivity index (χ4n) is 2.63. The molecular weight excluding hydrogens is 285 g/mol. The van der Waals surface area contributed by atoms with Crippen molar-refractivity contribution in [2.45, 2.75) is 19.4 Å². The van der Waals surface area contributed by atoms with Crippen molar-refractivity contribution in [2.75, 3.05) is 0 Å². The Kier molecular flexibility index (Phi) is 3.83. The van der Waals surface area contributed by atoms with E-state index in [-0.39, 0.29) is 6.42 Å². The molecule has 1 aliphatic heterocycles. The van der Waals surface area contributed by atoms with Crippen LogP contribution in [0, 0.1) is 6.92 Å². The molecule has 0 saturated heterocycles. The van der Waals surface area contributed by atoms with Crippen LogP contribution in [0.2, 0.25) is 0 Å². The van der Waals surface area contributed by atoms with Crippen molar-refractivity contribution in [3.8, 4) is 11.6 Å². The quantitative estimate of drug-likeness (QED) is 0.830. The van der Waals surface area contributed by atoms with Crippen molar-refractivity contribution in [1.82, 2.24) is 4.98 Å². The second-order valence-corrected chi connectivity index (χ2v) is 5.09. The van der Waals surface area contributed by atoms with Crippen molar-refractivity contribution in [3.05, 3.63) is 47.7 Å². The molecule has 0 bridgehead atoms. The van der Waals surface area contributed by atoms with Gasteiger partial charge in [-0.05, 0) is 41.7 Å². The minimum absolute atomic E-state index is 0.189. The third-order valence-electron chi connectivity index (χ3n) is 3.49. The summed E-state index contributed by atoms with van der Waals surface area (Å²) in [4.78, 5) is 15.0. The minimum atomic E-state index is -1.15. The lowest BCUT2D eigenvalue weighted by Gasteiger charge is -2.13. The Morgan fingerprint density at radius 2 is 2.27 bits per heavy atom. The predicted octanol–water partition coefficient (Wildman–Crippen LogP) is 1.42. The number of aryl methyl sites for hydroxylation is 1. The molecule has 2 N–H and O–H groups in total. The van der Waals surface area contributed by atoms with Crippen LogP contribution in [-0.4, -0.2) is 28.2 Å². The number of nitrogens with zero attached hydrogens (tertiary/aromatic N) is 1. The van der Waals surface area contributed by atoms with Gasteiger partial charge in [0.15, 0.2) is 0 Å². The number of aromatic nitrogens is 1. The Morgan fingerprint density at radius 1 is 1.45 bits per heavy atom. The molecule has 0 spiro atoms. The van der Waals surface area contributed by atoms with Crippen LogP contribution < -0.4 is 10.2 Å². The molecule has 2 aromatic rings. The summed E-state index contributed by atoms with van der Waals surface area (Å²) in [5.74, 6) is -0.0100. The number of benzene rings is 1. The summed E-state index contributed by atoms with van der Waals surface area (Å²) in [6.07, 6.45) is 0.785. The van der Waals surface area contributed by atoms with Crippen LogP contribution >= 0.6 is 0 Å². The molecule has 0 fully saturated rings. The van der Waals surface area contributed by atoms with Crippen LogP contribution in [0.4, 0.5) is 0 Å². The van der Waals surface area contributed by atoms with Crippen molar-refractivity contribution < 1.29 is 24.3 Å². The third-order valence-corrected chi connectivity index (χ3v) is 3.49. The van der Waals surface area contributed by atoms with Crippen molar-refractivity contribution in [2.24, 2.45) is 0 Å². The Hall–Kier alpha value is -2.38. The third kappa shape index (κ3) is 2.81. The van der Waals surface area contributed by atoms with Gasteiger partial charge in [0.2, 0.25) is 5.88 Å². The van der Waals surface area contributed by atoms with Gasteiger partial charge in [0.25, 0.3) is 0 Å². The lowest BCUT2D eigenvalue weighted by atomic mass is 9.77. The van der Waals surface area contributed by atoms with Crippen LogP contribution in [0.25, 0.3) is 0 Å². The second kappa shape index (κ2) is 5.78. The molecule has 1 aromatic heterocycles. The summed E-state index contributed by atoms with van der Waals surface area (Å²) >= 11 is 0. The van der Waals surface area contributed by atoms with Crippen LogP contribution in [0.5, 0.6) is 11.6 Å². The molecule has 0 saturated carbocycles. The second-order valence-electron chi connectivity index (χ2n) is 5.09. The average molecular weight is 299 g/mol. The summed E-state index contributed by atoms with van der Waals surface area (Å²) < 4.78 is 11.0.